The lowest BCUT2D eigenvalue weighted by Crippen LogP contribution is -2.49. The lowest BCUT2D eigenvalue weighted by Gasteiger charge is -2.34. The SMILES string of the molecule is Cc1ncc(CN2CCN(C(=O)c3ccc[nH]c3=O)CC2)s1. The maximum absolute atomic E-state index is 12.4. The number of aryl methyl sites for hydroxylation is 1. The Kier molecular flexibility index (Phi) is 4.35. The molecule has 1 fully saturated rings. The second kappa shape index (κ2) is 6.41. The first-order valence-electron chi connectivity index (χ1n) is 7.24. The molecule has 0 bridgehead atoms. The Morgan fingerprint density at radius 1 is 1.36 bits per heavy atom. The largest absolute Gasteiger partial charge is 0.336 e. The van der Waals surface area contributed by atoms with E-state index in [1.165, 1.54) is 11.1 Å². The molecule has 7 heteroatoms. The number of H-pyrrole nitrogens is 1. The van der Waals surface area contributed by atoms with Crippen LogP contribution < -0.4 is 5.56 Å². The first kappa shape index (κ1) is 14.9. The van der Waals surface area contributed by atoms with Gasteiger partial charge in [0.15, 0.2) is 0 Å². The van der Waals surface area contributed by atoms with Gasteiger partial charge in [-0.25, -0.2) is 4.98 Å². The summed E-state index contributed by atoms with van der Waals surface area (Å²) in [7, 11) is 0. The Bertz CT molecular complexity index is 716. The summed E-state index contributed by atoms with van der Waals surface area (Å²) in [6.45, 7) is 5.79. The minimum absolute atomic E-state index is 0.185. The summed E-state index contributed by atoms with van der Waals surface area (Å²) in [4.78, 5) is 36.2. The molecule has 1 aliphatic heterocycles. The first-order valence-corrected chi connectivity index (χ1v) is 8.06. The molecular formula is C15H18N4O2S. The van der Waals surface area contributed by atoms with Gasteiger partial charge in [-0.05, 0) is 19.1 Å². The maximum Gasteiger partial charge on any atom is 0.260 e. The highest BCUT2D eigenvalue weighted by Gasteiger charge is 2.23. The van der Waals surface area contributed by atoms with Gasteiger partial charge in [0.05, 0.1) is 5.01 Å². The van der Waals surface area contributed by atoms with Crippen LogP contribution in [0.15, 0.2) is 29.3 Å². The predicted octanol–water partition coefficient (Wildman–Crippen LogP) is 1.10. The van der Waals surface area contributed by atoms with Crippen LogP contribution in [0.25, 0.3) is 0 Å². The number of carbonyl (C=O) groups excluding carboxylic acids is 1. The summed E-state index contributed by atoms with van der Waals surface area (Å²) in [5.41, 5.74) is -0.107. The van der Waals surface area contributed by atoms with Crippen LogP contribution in [-0.2, 0) is 6.54 Å². The zero-order valence-corrected chi connectivity index (χ0v) is 13.2. The minimum Gasteiger partial charge on any atom is -0.336 e. The Hall–Kier alpha value is -1.99. The highest BCUT2D eigenvalue weighted by molar-refractivity contribution is 7.11. The van der Waals surface area contributed by atoms with E-state index in [0.717, 1.165) is 24.6 Å². The van der Waals surface area contributed by atoms with Gasteiger partial charge in [-0.1, -0.05) is 0 Å². The summed E-state index contributed by atoms with van der Waals surface area (Å²) < 4.78 is 0. The molecule has 116 valence electrons. The molecule has 1 saturated heterocycles. The van der Waals surface area contributed by atoms with Crippen LogP contribution in [0, 0.1) is 6.92 Å². The molecule has 0 atom stereocenters. The fraction of sp³-hybridized carbons (Fsp3) is 0.400. The number of aromatic nitrogens is 2. The van der Waals surface area contributed by atoms with E-state index in [0.29, 0.717) is 13.1 Å². The van der Waals surface area contributed by atoms with Gasteiger partial charge in [-0.15, -0.1) is 11.3 Å². The van der Waals surface area contributed by atoms with E-state index in [4.69, 9.17) is 0 Å². The van der Waals surface area contributed by atoms with Crippen LogP contribution in [0.2, 0.25) is 0 Å². The van der Waals surface area contributed by atoms with E-state index in [1.54, 1.807) is 28.4 Å². The number of piperazine rings is 1. The molecule has 0 aliphatic carbocycles. The molecule has 0 aromatic carbocycles. The number of rotatable bonds is 3. The van der Waals surface area contributed by atoms with Crippen LogP contribution in [0.5, 0.6) is 0 Å². The number of nitrogens with zero attached hydrogens (tertiary/aromatic N) is 3. The second-order valence-electron chi connectivity index (χ2n) is 5.33. The van der Waals surface area contributed by atoms with Gasteiger partial charge in [0.25, 0.3) is 11.5 Å². The molecule has 22 heavy (non-hydrogen) atoms. The Morgan fingerprint density at radius 2 is 2.14 bits per heavy atom. The molecule has 3 heterocycles. The third-order valence-corrected chi connectivity index (χ3v) is 4.65. The predicted molar refractivity (Wildman–Crippen MR) is 85.1 cm³/mol. The van der Waals surface area contributed by atoms with Crippen molar-refractivity contribution in [1.29, 1.82) is 0 Å². The summed E-state index contributed by atoms with van der Waals surface area (Å²) >= 11 is 1.71. The third kappa shape index (κ3) is 3.26. The Labute approximate surface area is 132 Å². The molecule has 0 saturated carbocycles. The molecular weight excluding hydrogens is 300 g/mol. The summed E-state index contributed by atoms with van der Waals surface area (Å²) in [5.74, 6) is -0.185. The highest BCUT2D eigenvalue weighted by atomic mass is 32.1. The lowest BCUT2D eigenvalue weighted by molar-refractivity contribution is 0.0628. The highest BCUT2D eigenvalue weighted by Crippen LogP contribution is 2.15. The molecule has 1 N–H and O–H groups in total. The average molecular weight is 318 g/mol. The number of nitrogens with one attached hydrogen (secondary N) is 1. The van der Waals surface area contributed by atoms with Gasteiger partial charge in [-0.3, -0.25) is 14.5 Å². The molecule has 1 aliphatic rings. The van der Waals surface area contributed by atoms with Crippen molar-refractivity contribution in [3.05, 3.63) is 50.3 Å². The normalized spacial score (nSPS) is 16.0. The van der Waals surface area contributed by atoms with E-state index in [9.17, 15) is 9.59 Å². The fourth-order valence-corrected chi connectivity index (χ4v) is 3.41. The Balaban J connectivity index is 1.58. The molecule has 0 radical (unpaired) electrons. The van der Waals surface area contributed by atoms with Crippen LogP contribution in [-0.4, -0.2) is 51.9 Å². The van der Waals surface area contributed by atoms with E-state index >= 15 is 0 Å². The monoisotopic (exact) mass is 318 g/mol. The van der Waals surface area contributed by atoms with Crippen molar-refractivity contribution in [1.82, 2.24) is 19.8 Å². The van der Waals surface area contributed by atoms with Crippen LogP contribution >= 0.6 is 11.3 Å². The van der Waals surface area contributed by atoms with Gasteiger partial charge < -0.3 is 9.88 Å². The van der Waals surface area contributed by atoms with Gasteiger partial charge in [0.2, 0.25) is 0 Å². The molecule has 0 spiro atoms. The van der Waals surface area contributed by atoms with Crippen molar-refractivity contribution >= 4 is 17.2 Å². The standard InChI is InChI=1S/C15H18N4O2S/c1-11-17-9-12(22-11)10-18-5-7-19(8-6-18)15(21)13-3-2-4-16-14(13)20/h2-4,9H,5-8,10H2,1H3,(H,16,20). The van der Waals surface area contributed by atoms with Gasteiger partial charge in [0, 0.05) is 50.0 Å². The number of amides is 1. The molecule has 3 rings (SSSR count). The van der Waals surface area contributed by atoms with Crippen molar-refractivity contribution in [2.24, 2.45) is 0 Å². The van der Waals surface area contributed by atoms with Gasteiger partial charge in [-0.2, -0.15) is 0 Å². The quantitative estimate of drug-likeness (QED) is 0.920. The van der Waals surface area contributed by atoms with Crippen LogP contribution in [0.1, 0.15) is 20.2 Å². The molecule has 2 aromatic rings. The minimum atomic E-state index is -0.324. The number of hydrogen-bond acceptors (Lipinski definition) is 5. The number of hydrogen-bond donors (Lipinski definition) is 1. The lowest BCUT2D eigenvalue weighted by atomic mass is 10.2. The number of carbonyl (C=O) groups is 1. The Morgan fingerprint density at radius 3 is 2.77 bits per heavy atom. The fourth-order valence-electron chi connectivity index (χ4n) is 2.57. The third-order valence-electron chi connectivity index (χ3n) is 3.76. The van der Waals surface area contributed by atoms with Crippen molar-refractivity contribution < 1.29 is 4.79 Å². The number of pyridine rings is 1. The summed E-state index contributed by atoms with van der Waals surface area (Å²) in [6.07, 6.45) is 3.45. The number of aromatic amines is 1. The van der Waals surface area contributed by atoms with E-state index in [2.05, 4.69) is 14.9 Å². The molecule has 2 aromatic heterocycles. The molecule has 1 amide bonds. The van der Waals surface area contributed by atoms with Crippen molar-refractivity contribution in [2.75, 3.05) is 26.2 Å². The van der Waals surface area contributed by atoms with Crippen molar-refractivity contribution in [3.8, 4) is 0 Å². The molecule has 6 nitrogen and oxygen atoms in total. The summed E-state index contributed by atoms with van der Waals surface area (Å²) in [6, 6.07) is 3.25. The van der Waals surface area contributed by atoms with E-state index in [1.807, 2.05) is 13.1 Å². The first-order chi connectivity index (χ1) is 10.6. The summed E-state index contributed by atoms with van der Waals surface area (Å²) in [5, 5.41) is 1.08. The zero-order chi connectivity index (χ0) is 15.5. The van der Waals surface area contributed by atoms with Crippen LogP contribution in [0.3, 0.4) is 0 Å². The van der Waals surface area contributed by atoms with Crippen molar-refractivity contribution in [2.45, 2.75) is 13.5 Å². The number of thiazole rings is 1. The van der Waals surface area contributed by atoms with Gasteiger partial charge >= 0.3 is 0 Å². The maximum atomic E-state index is 12.4. The van der Waals surface area contributed by atoms with Crippen molar-refractivity contribution in [3.63, 3.8) is 0 Å². The van der Waals surface area contributed by atoms with Gasteiger partial charge in [0.1, 0.15) is 5.56 Å². The van der Waals surface area contributed by atoms with E-state index in [-0.39, 0.29) is 17.0 Å². The topological polar surface area (TPSA) is 69.3 Å². The van der Waals surface area contributed by atoms with E-state index < -0.39 is 0 Å². The zero-order valence-electron chi connectivity index (χ0n) is 12.4. The average Bonchev–Trinajstić information content (AvgIpc) is 2.93. The van der Waals surface area contributed by atoms with Crippen LogP contribution in [0.4, 0.5) is 0 Å². The molecule has 0 unspecified atom stereocenters. The smallest absolute Gasteiger partial charge is 0.260 e. The second-order valence-corrected chi connectivity index (χ2v) is 6.65.